The molecule has 0 amide bonds. The Morgan fingerprint density at radius 1 is 1.21 bits per heavy atom. The molecule has 1 saturated carbocycles. The van der Waals surface area contributed by atoms with E-state index in [9.17, 15) is 0 Å². The Kier molecular flexibility index (Phi) is 5.23. The normalized spacial score (nSPS) is 23.6. The number of ether oxygens (including phenoxy) is 1. The first-order valence-electron chi connectivity index (χ1n) is 7.22. The van der Waals surface area contributed by atoms with Gasteiger partial charge in [0.25, 0.3) is 0 Å². The van der Waals surface area contributed by atoms with Gasteiger partial charge in [0.05, 0.1) is 12.1 Å². The van der Waals surface area contributed by atoms with Crippen LogP contribution >= 0.6 is 0 Å². The van der Waals surface area contributed by atoms with E-state index in [-0.39, 0.29) is 0 Å². The zero-order chi connectivity index (χ0) is 13.7. The summed E-state index contributed by atoms with van der Waals surface area (Å²) in [5.74, 6) is 0. The number of nitrogens with zero attached hydrogens (tertiary/aromatic N) is 1. The first-order chi connectivity index (χ1) is 9.20. The third-order valence-electron chi connectivity index (χ3n) is 3.85. The van der Waals surface area contributed by atoms with E-state index in [2.05, 4.69) is 48.6 Å². The van der Waals surface area contributed by atoms with Gasteiger partial charge < -0.3 is 15.0 Å². The highest BCUT2D eigenvalue weighted by Crippen LogP contribution is 2.26. The van der Waals surface area contributed by atoms with Crippen molar-refractivity contribution in [3.63, 3.8) is 0 Å². The summed E-state index contributed by atoms with van der Waals surface area (Å²) in [6.45, 7) is 0.966. The molecule has 0 heterocycles. The van der Waals surface area contributed by atoms with Crippen molar-refractivity contribution in [3.05, 3.63) is 29.8 Å². The van der Waals surface area contributed by atoms with Crippen molar-refractivity contribution in [1.29, 1.82) is 0 Å². The lowest BCUT2D eigenvalue weighted by Crippen LogP contribution is -2.38. The smallest absolute Gasteiger partial charge is 0.0772 e. The van der Waals surface area contributed by atoms with Gasteiger partial charge in [0, 0.05) is 19.3 Å². The summed E-state index contributed by atoms with van der Waals surface area (Å²) in [6, 6.07) is 9.04. The minimum Gasteiger partial charge on any atom is -0.379 e. The summed E-state index contributed by atoms with van der Waals surface area (Å²) in [7, 11) is 6.04. The summed E-state index contributed by atoms with van der Waals surface area (Å²) in [4.78, 5) is 2.20. The highest BCUT2D eigenvalue weighted by atomic mass is 16.5. The van der Waals surface area contributed by atoms with Gasteiger partial charge in [-0.15, -0.1) is 0 Å². The van der Waals surface area contributed by atoms with Crippen LogP contribution in [0.5, 0.6) is 0 Å². The predicted molar refractivity (Wildman–Crippen MR) is 80.5 cm³/mol. The fourth-order valence-corrected chi connectivity index (χ4v) is 2.88. The van der Waals surface area contributed by atoms with E-state index in [1.165, 1.54) is 36.9 Å². The van der Waals surface area contributed by atoms with Gasteiger partial charge in [0.1, 0.15) is 0 Å². The number of hydrogen-bond acceptors (Lipinski definition) is 3. The SMILES string of the molecule is COC1CCCCC1Nc1ccccc1CN(C)C. The molecule has 2 rings (SSSR count). The fourth-order valence-electron chi connectivity index (χ4n) is 2.88. The lowest BCUT2D eigenvalue weighted by Gasteiger charge is -2.32. The molecule has 1 aliphatic rings. The Morgan fingerprint density at radius 3 is 2.68 bits per heavy atom. The lowest BCUT2D eigenvalue weighted by atomic mass is 9.92. The molecule has 2 unspecified atom stereocenters. The maximum Gasteiger partial charge on any atom is 0.0772 e. The molecule has 19 heavy (non-hydrogen) atoms. The molecule has 0 bridgehead atoms. The Hall–Kier alpha value is -1.06. The molecule has 1 N–H and O–H groups in total. The van der Waals surface area contributed by atoms with Crippen molar-refractivity contribution < 1.29 is 4.74 Å². The molecule has 1 aliphatic carbocycles. The topological polar surface area (TPSA) is 24.5 Å². The molecule has 0 spiro atoms. The summed E-state index contributed by atoms with van der Waals surface area (Å²) in [6.07, 6.45) is 5.31. The highest BCUT2D eigenvalue weighted by molar-refractivity contribution is 5.52. The number of nitrogens with one attached hydrogen (secondary N) is 1. The van der Waals surface area contributed by atoms with E-state index in [4.69, 9.17) is 4.74 Å². The number of hydrogen-bond donors (Lipinski definition) is 1. The van der Waals surface area contributed by atoms with Gasteiger partial charge in [-0.3, -0.25) is 0 Å². The molecular formula is C16H26N2O. The lowest BCUT2D eigenvalue weighted by molar-refractivity contribution is 0.0606. The maximum atomic E-state index is 5.62. The average Bonchev–Trinajstić information content (AvgIpc) is 2.41. The molecule has 1 fully saturated rings. The predicted octanol–water partition coefficient (Wildman–Crippen LogP) is 3.12. The summed E-state index contributed by atoms with van der Waals surface area (Å²) in [5, 5.41) is 3.70. The number of anilines is 1. The second-order valence-corrected chi connectivity index (χ2v) is 5.70. The van der Waals surface area contributed by atoms with Crippen molar-refractivity contribution in [2.75, 3.05) is 26.5 Å². The standard InChI is InChI=1S/C16H26N2O/c1-18(2)12-13-8-4-5-9-14(13)17-15-10-6-7-11-16(15)19-3/h4-5,8-9,15-17H,6-7,10-12H2,1-3H3. The quantitative estimate of drug-likeness (QED) is 0.882. The maximum absolute atomic E-state index is 5.62. The number of methoxy groups -OCH3 is 1. The third-order valence-corrected chi connectivity index (χ3v) is 3.85. The van der Waals surface area contributed by atoms with E-state index in [0.717, 1.165) is 6.54 Å². The van der Waals surface area contributed by atoms with Crippen molar-refractivity contribution in [2.45, 2.75) is 44.4 Å². The van der Waals surface area contributed by atoms with Crippen LogP contribution in [0, 0.1) is 0 Å². The van der Waals surface area contributed by atoms with Crippen LogP contribution in [0.1, 0.15) is 31.2 Å². The molecule has 3 nitrogen and oxygen atoms in total. The molecule has 0 aromatic heterocycles. The molecule has 3 heteroatoms. The number of para-hydroxylation sites is 1. The Labute approximate surface area is 116 Å². The summed E-state index contributed by atoms with van der Waals surface area (Å²) in [5.41, 5.74) is 2.61. The van der Waals surface area contributed by atoms with Crippen LogP contribution < -0.4 is 5.32 Å². The Morgan fingerprint density at radius 2 is 1.95 bits per heavy atom. The van der Waals surface area contributed by atoms with Gasteiger partial charge in [-0.05, 0) is 38.6 Å². The van der Waals surface area contributed by atoms with Crippen LogP contribution in [0.4, 0.5) is 5.69 Å². The van der Waals surface area contributed by atoms with Crippen LogP contribution in [0.25, 0.3) is 0 Å². The average molecular weight is 262 g/mol. The van der Waals surface area contributed by atoms with Gasteiger partial charge >= 0.3 is 0 Å². The highest BCUT2D eigenvalue weighted by Gasteiger charge is 2.25. The van der Waals surface area contributed by atoms with Gasteiger partial charge in [-0.1, -0.05) is 31.0 Å². The summed E-state index contributed by atoms with van der Waals surface area (Å²) >= 11 is 0. The van der Waals surface area contributed by atoms with E-state index in [1.54, 1.807) is 0 Å². The zero-order valence-corrected chi connectivity index (χ0v) is 12.4. The molecule has 0 saturated heterocycles. The fraction of sp³-hybridized carbons (Fsp3) is 0.625. The van der Waals surface area contributed by atoms with Crippen molar-refractivity contribution in [3.8, 4) is 0 Å². The second kappa shape index (κ2) is 6.92. The molecule has 0 radical (unpaired) electrons. The zero-order valence-electron chi connectivity index (χ0n) is 12.4. The van der Waals surface area contributed by atoms with Crippen LogP contribution in [-0.4, -0.2) is 38.3 Å². The van der Waals surface area contributed by atoms with Crippen LogP contribution in [0.3, 0.4) is 0 Å². The first-order valence-corrected chi connectivity index (χ1v) is 7.22. The van der Waals surface area contributed by atoms with Gasteiger partial charge in [-0.2, -0.15) is 0 Å². The van der Waals surface area contributed by atoms with E-state index < -0.39 is 0 Å². The number of benzene rings is 1. The van der Waals surface area contributed by atoms with E-state index in [1.807, 2.05) is 7.11 Å². The third kappa shape index (κ3) is 3.95. The molecule has 0 aliphatic heterocycles. The second-order valence-electron chi connectivity index (χ2n) is 5.70. The first kappa shape index (κ1) is 14.4. The molecule has 106 valence electrons. The van der Waals surface area contributed by atoms with E-state index >= 15 is 0 Å². The minimum absolute atomic E-state index is 0.348. The molecule has 2 atom stereocenters. The number of rotatable bonds is 5. The monoisotopic (exact) mass is 262 g/mol. The van der Waals surface area contributed by atoms with E-state index in [0.29, 0.717) is 12.1 Å². The minimum atomic E-state index is 0.348. The van der Waals surface area contributed by atoms with Gasteiger partial charge in [-0.25, -0.2) is 0 Å². The van der Waals surface area contributed by atoms with Crippen LogP contribution in [0.2, 0.25) is 0 Å². The molecular weight excluding hydrogens is 236 g/mol. The van der Waals surface area contributed by atoms with Crippen molar-refractivity contribution in [1.82, 2.24) is 4.90 Å². The van der Waals surface area contributed by atoms with Gasteiger partial charge in [0.15, 0.2) is 0 Å². The molecule has 1 aromatic rings. The van der Waals surface area contributed by atoms with Gasteiger partial charge in [0.2, 0.25) is 0 Å². The molecule has 1 aromatic carbocycles. The van der Waals surface area contributed by atoms with Crippen molar-refractivity contribution >= 4 is 5.69 Å². The van der Waals surface area contributed by atoms with Crippen LogP contribution in [-0.2, 0) is 11.3 Å². The summed E-state index contributed by atoms with van der Waals surface area (Å²) < 4.78 is 5.62. The van der Waals surface area contributed by atoms with Crippen LogP contribution in [0.15, 0.2) is 24.3 Å². The van der Waals surface area contributed by atoms with Crippen molar-refractivity contribution in [2.24, 2.45) is 0 Å². The largest absolute Gasteiger partial charge is 0.379 e. The Balaban J connectivity index is 2.08. The Bertz CT molecular complexity index is 392.